The molecule has 2 aliphatic carbocycles. The third-order valence-electron chi connectivity index (χ3n) is 5.49. The van der Waals surface area contributed by atoms with Crippen molar-refractivity contribution in [3.63, 3.8) is 0 Å². The van der Waals surface area contributed by atoms with Gasteiger partial charge in [-0.3, -0.25) is 0 Å². The third kappa shape index (κ3) is 3.82. The van der Waals surface area contributed by atoms with Crippen LogP contribution in [0.25, 0.3) is 11.1 Å². The van der Waals surface area contributed by atoms with Crippen molar-refractivity contribution in [3.8, 4) is 11.1 Å². The first-order valence-electron chi connectivity index (χ1n) is 9.48. The summed E-state index contributed by atoms with van der Waals surface area (Å²) >= 11 is 0. The Labute approximate surface area is 158 Å². The number of rotatable bonds is 7. The lowest BCUT2D eigenvalue weighted by Gasteiger charge is -2.17. The molecule has 5 nitrogen and oxygen atoms in total. The number of alkyl carbamates (subject to hydrolysis) is 1. The smallest absolute Gasteiger partial charge is 0.407 e. The first-order valence-corrected chi connectivity index (χ1v) is 9.48. The molecule has 2 aromatic rings. The summed E-state index contributed by atoms with van der Waals surface area (Å²) < 4.78 is 5.43. The van der Waals surface area contributed by atoms with Gasteiger partial charge in [0.15, 0.2) is 0 Å². The van der Waals surface area contributed by atoms with Crippen LogP contribution in [0.15, 0.2) is 48.5 Å². The van der Waals surface area contributed by atoms with Gasteiger partial charge in [-0.25, -0.2) is 9.59 Å². The number of carbonyl (C=O) groups is 2. The lowest BCUT2D eigenvalue weighted by atomic mass is 9.98. The number of fused-ring (bicyclic) bond motifs is 3. The maximum atomic E-state index is 12.2. The molecule has 0 spiro atoms. The summed E-state index contributed by atoms with van der Waals surface area (Å²) in [6.45, 7) is 0.189. The van der Waals surface area contributed by atoms with Crippen LogP contribution >= 0.6 is 0 Å². The van der Waals surface area contributed by atoms with Crippen LogP contribution in [0.5, 0.6) is 0 Å². The Morgan fingerprint density at radius 1 is 1.04 bits per heavy atom. The van der Waals surface area contributed by atoms with Gasteiger partial charge in [0.05, 0.1) is 0 Å². The highest BCUT2D eigenvalue weighted by molar-refractivity contribution is 5.81. The minimum atomic E-state index is -1.01. The second-order valence-corrected chi connectivity index (χ2v) is 7.38. The molecule has 2 aromatic carbocycles. The number of carboxylic acids is 1. The highest BCUT2D eigenvalue weighted by Gasteiger charge is 2.30. The number of amides is 1. The van der Waals surface area contributed by atoms with Crippen LogP contribution in [-0.2, 0) is 9.53 Å². The zero-order valence-electron chi connectivity index (χ0n) is 15.1. The lowest BCUT2D eigenvalue weighted by molar-refractivity contribution is -0.139. The molecule has 140 valence electrons. The molecule has 5 heteroatoms. The fraction of sp³-hybridized carbons (Fsp3) is 0.364. The van der Waals surface area contributed by atoms with E-state index < -0.39 is 18.1 Å². The number of aliphatic carboxylic acids is 1. The number of hydrogen-bond acceptors (Lipinski definition) is 3. The van der Waals surface area contributed by atoms with Crippen molar-refractivity contribution < 1.29 is 19.4 Å². The molecule has 2 aliphatic rings. The summed E-state index contributed by atoms with van der Waals surface area (Å²) in [4.78, 5) is 23.6. The van der Waals surface area contributed by atoms with E-state index in [1.54, 1.807) is 0 Å². The van der Waals surface area contributed by atoms with Gasteiger partial charge in [0.2, 0.25) is 0 Å². The summed E-state index contributed by atoms with van der Waals surface area (Å²) in [6.07, 6.45) is 2.94. The van der Waals surface area contributed by atoms with E-state index in [1.807, 2.05) is 24.3 Å². The highest BCUT2D eigenvalue weighted by atomic mass is 16.5. The average Bonchev–Trinajstić information content (AvgIpc) is 3.45. The number of carboxylic acid groups (broad SMARTS) is 1. The van der Waals surface area contributed by atoms with Crippen LogP contribution in [0, 0.1) is 5.92 Å². The molecule has 2 N–H and O–H groups in total. The van der Waals surface area contributed by atoms with E-state index in [1.165, 1.54) is 0 Å². The molecule has 1 fully saturated rings. The standard InChI is InChI=1S/C22H23NO4/c24-21(25)20(12-11-14-9-10-14)23-22(26)27-13-19-17-7-3-1-5-15(17)16-6-2-4-8-18(16)19/h1-8,14,19-20H,9-13H2,(H,23,26)(H,24,25)/t20-/m0/s1. The molecule has 4 rings (SSSR count). The maximum Gasteiger partial charge on any atom is 0.407 e. The molecular weight excluding hydrogens is 342 g/mol. The van der Waals surface area contributed by atoms with Crippen LogP contribution in [0.1, 0.15) is 42.7 Å². The zero-order chi connectivity index (χ0) is 18.8. The van der Waals surface area contributed by atoms with Gasteiger partial charge in [0.1, 0.15) is 12.6 Å². The number of nitrogens with one attached hydrogen (secondary N) is 1. The van der Waals surface area contributed by atoms with Gasteiger partial charge in [-0.05, 0) is 41.0 Å². The number of hydrogen-bond donors (Lipinski definition) is 2. The minimum Gasteiger partial charge on any atom is -0.480 e. The van der Waals surface area contributed by atoms with Gasteiger partial charge < -0.3 is 15.2 Å². The van der Waals surface area contributed by atoms with Crippen LogP contribution in [0.2, 0.25) is 0 Å². The molecular formula is C22H23NO4. The second-order valence-electron chi connectivity index (χ2n) is 7.38. The number of ether oxygens (including phenoxy) is 1. The van der Waals surface area contributed by atoms with Crippen molar-refractivity contribution in [2.45, 2.75) is 37.6 Å². The Bertz CT molecular complexity index is 813. The number of carbonyl (C=O) groups excluding carboxylic acids is 1. The van der Waals surface area contributed by atoms with Crippen LogP contribution in [0.3, 0.4) is 0 Å². The minimum absolute atomic E-state index is 0.0297. The van der Waals surface area contributed by atoms with E-state index in [-0.39, 0.29) is 12.5 Å². The summed E-state index contributed by atoms with van der Waals surface area (Å²) in [5.41, 5.74) is 4.59. The largest absolute Gasteiger partial charge is 0.480 e. The van der Waals surface area contributed by atoms with Crippen LogP contribution in [0.4, 0.5) is 4.79 Å². The molecule has 0 radical (unpaired) electrons. The van der Waals surface area contributed by atoms with Crippen molar-refractivity contribution in [2.75, 3.05) is 6.61 Å². The van der Waals surface area contributed by atoms with Gasteiger partial charge in [-0.15, -0.1) is 0 Å². The first-order chi connectivity index (χ1) is 13.1. The van der Waals surface area contributed by atoms with Gasteiger partial charge >= 0.3 is 12.1 Å². The van der Waals surface area contributed by atoms with E-state index in [0.29, 0.717) is 12.3 Å². The monoisotopic (exact) mass is 365 g/mol. The molecule has 0 bridgehead atoms. The summed E-state index contributed by atoms with van der Waals surface area (Å²) in [5.74, 6) is -0.418. The fourth-order valence-corrected chi connectivity index (χ4v) is 3.85. The van der Waals surface area contributed by atoms with Crippen molar-refractivity contribution >= 4 is 12.1 Å². The molecule has 0 aromatic heterocycles. The quantitative estimate of drug-likeness (QED) is 0.772. The van der Waals surface area contributed by atoms with Crippen LogP contribution in [-0.4, -0.2) is 29.8 Å². The van der Waals surface area contributed by atoms with Gasteiger partial charge in [0.25, 0.3) is 0 Å². The molecule has 0 unspecified atom stereocenters. The predicted molar refractivity (Wildman–Crippen MR) is 102 cm³/mol. The van der Waals surface area contributed by atoms with E-state index in [2.05, 4.69) is 29.6 Å². The average molecular weight is 365 g/mol. The second kappa shape index (κ2) is 7.43. The van der Waals surface area contributed by atoms with E-state index in [9.17, 15) is 14.7 Å². The molecule has 1 saturated carbocycles. The number of benzene rings is 2. The van der Waals surface area contributed by atoms with Gasteiger partial charge in [0, 0.05) is 5.92 Å². The Balaban J connectivity index is 1.40. The van der Waals surface area contributed by atoms with E-state index >= 15 is 0 Å². The van der Waals surface area contributed by atoms with Crippen molar-refractivity contribution in [1.29, 1.82) is 0 Å². The Kier molecular flexibility index (Phi) is 4.84. The van der Waals surface area contributed by atoms with Crippen molar-refractivity contribution in [3.05, 3.63) is 59.7 Å². The molecule has 1 atom stereocenters. The maximum absolute atomic E-state index is 12.2. The lowest BCUT2D eigenvalue weighted by Crippen LogP contribution is -2.41. The van der Waals surface area contributed by atoms with Crippen molar-refractivity contribution in [1.82, 2.24) is 5.32 Å². The third-order valence-corrected chi connectivity index (χ3v) is 5.49. The summed E-state index contributed by atoms with van der Waals surface area (Å²) in [5, 5.41) is 11.8. The van der Waals surface area contributed by atoms with E-state index in [4.69, 9.17) is 4.74 Å². The van der Waals surface area contributed by atoms with Crippen LogP contribution < -0.4 is 5.32 Å². The van der Waals surface area contributed by atoms with E-state index in [0.717, 1.165) is 41.5 Å². The topological polar surface area (TPSA) is 75.6 Å². The Morgan fingerprint density at radius 3 is 2.19 bits per heavy atom. The van der Waals surface area contributed by atoms with Crippen molar-refractivity contribution in [2.24, 2.45) is 5.92 Å². The zero-order valence-corrected chi connectivity index (χ0v) is 15.1. The Morgan fingerprint density at radius 2 is 1.63 bits per heavy atom. The Hall–Kier alpha value is -2.82. The predicted octanol–water partition coefficient (Wildman–Crippen LogP) is 4.17. The normalized spacial score (nSPS) is 16.3. The first kappa shape index (κ1) is 17.6. The molecule has 0 aliphatic heterocycles. The molecule has 0 saturated heterocycles. The molecule has 0 heterocycles. The SMILES string of the molecule is O=C(N[C@@H](CCC1CC1)C(=O)O)OCC1c2ccccc2-c2ccccc21. The molecule has 27 heavy (non-hydrogen) atoms. The summed E-state index contributed by atoms with van der Waals surface area (Å²) in [6, 6.07) is 15.3. The van der Waals surface area contributed by atoms with Gasteiger partial charge in [-0.2, -0.15) is 0 Å². The molecule has 1 amide bonds. The fourth-order valence-electron chi connectivity index (χ4n) is 3.85. The summed E-state index contributed by atoms with van der Waals surface area (Å²) in [7, 11) is 0. The van der Waals surface area contributed by atoms with Gasteiger partial charge in [-0.1, -0.05) is 61.4 Å². The highest BCUT2D eigenvalue weighted by Crippen LogP contribution is 2.44.